The van der Waals surface area contributed by atoms with Gasteiger partial charge in [0.15, 0.2) is 0 Å². The van der Waals surface area contributed by atoms with Crippen LogP contribution in [0.25, 0.3) is 0 Å². The Morgan fingerprint density at radius 3 is 2.44 bits per heavy atom. The number of carbonyl (C=O) groups is 1. The molecule has 0 radical (unpaired) electrons. The van der Waals surface area contributed by atoms with Gasteiger partial charge in [0, 0.05) is 11.6 Å². The van der Waals surface area contributed by atoms with Gasteiger partial charge in [-0.3, -0.25) is 9.10 Å². The zero-order chi connectivity index (χ0) is 23.5. The number of nitrogens with one attached hydrogen (secondary N) is 1. The topological polar surface area (TPSA) is 75.7 Å². The Balaban J connectivity index is 1.87. The lowest BCUT2D eigenvalue weighted by molar-refractivity contribution is 0.102. The van der Waals surface area contributed by atoms with Crippen molar-refractivity contribution in [2.75, 3.05) is 23.0 Å². The highest BCUT2D eigenvalue weighted by Gasteiger charge is 2.19. The van der Waals surface area contributed by atoms with E-state index in [1.165, 1.54) is 17.7 Å². The van der Waals surface area contributed by atoms with Crippen molar-refractivity contribution < 1.29 is 17.9 Å². The molecule has 3 aromatic rings. The van der Waals surface area contributed by atoms with E-state index in [2.05, 4.69) is 5.32 Å². The van der Waals surface area contributed by atoms with Crippen molar-refractivity contribution >= 4 is 38.9 Å². The predicted molar refractivity (Wildman–Crippen MR) is 129 cm³/mol. The maximum atomic E-state index is 12.8. The van der Waals surface area contributed by atoms with Crippen LogP contribution in [0.1, 0.15) is 27.0 Å². The fourth-order valence-electron chi connectivity index (χ4n) is 3.18. The zero-order valence-electron chi connectivity index (χ0n) is 18.3. The molecule has 0 unspecified atom stereocenters. The number of rotatable bonds is 7. The molecule has 168 valence electrons. The molecule has 0 aliphatic heterocycles. The van der Waals surface area contributed by atoms with Gasteiger partial charge in [0.05, 0.1) is 36.3 Å². The van der Waals surface area contributed by atoms with Gasteiger partial charge in [-0.15, -0.1) is 0 Å². The third-order valence-electron chi connectivity index (χ3n) is 5.12. The Hall–Kier alpha value is -3.03. The minimum atomic E-state index is -3.54. The van der Waals surface area contributed by atoms with Gasteiger partial charge < -0.3 is 10.1 Å². The molecule has 0 spiro atoms. The number of aryl methyl sites for hydroxylation is 2. The van der Waals surface area contributed by atoms with E-state index in [1.54, 1.807) is 48.5 Å². The number of anilines is 2. The van der Waals surface area contributed by atoms with Crippen LogP contribution in [0.15, 0.2) is 60.7 Å². The quantitative estimate of drug-likeness (QED) is 0.513. The largest absolute Gasteiger partial charge is 0.497 e. The van der Waals surface area contributed by atoms with E-state index in [1.807, 2.05) is 26.0 Å². The van der Waals surface area contributed by atoms with E-state index in [0.717, 1.165) is 11.1 Å². The summed E-state index contributed by atoms with van der Waals surface area (Å²) in [5.41, 5.74) is 4.15. The smallest absolute Gasteiger partial charge is 0.255 e. The van der Waals surface area contributed by atoms with Crippen LogP contribution in [0.4, 0.5) is 11.4 Å². The number of amides is 1. The van der Waals surface area contributed by atoms with Gasteiger partial charge in [-0.05, 0) is 66.9 Å². The molecule has 0 aliphatic rings. The molecule has 0 saturated heterocycles. The van der Waals surface area contributed by atoms with E-state index in [9.17, 15) is 13.2 Å². The Kier molecular flexibility index (Phi) is 7.11. The molecule has 0 heterocycles. The van der Waals surface area contributed by atoms with E-state index in [-0.39, 0.29) is 12.5 Å². The lowest BCUT2D eigenvalue weighted by atomic mass is 10.1. The van der Waals surface area contributed by atoms with Crippen molar-refractivity contribution in [1.29, 1.82) is 0 Å². The summed E-state index contributed by atoms with van der Waals surface area (Å²) in [6.07, 6.45) is 1.17. The molecule has 3 aromatic carbocycles. The third-order valence-corrected chi connectivity index (χ3v) is 6.59. The number of benzene rings is 3. The van der Waals surface area contributed by atoms with Crippen LogP contribution in [-0.2, 0) is 16.6 Å². The second-order valence-corrected chi connectivity index (χ2v) is 9.85. The van der Waals surface area contributed by atoms with Crippen LogP contribution >= 0.6 is 11.6 Å². The molecule has 0 aliphatic carbocycles. The van der Waals surface area contributed by atoms with Crippen molar-refractivity contribution in [1.82, 2.24) is 0 Å². The van der Waals surface area contributed by atoms with Crippen molar-refractivity contribution in [3.8, 4) is 5.75 Å². The lowest BCUT2D eigenvalue weighted by Gasteiger charge is -2.23. The minimum absolute atomic E-state index is 0.0996. The number of methoxy groups -OCH3 is 1. The molecular formula is C24H25ClN2O4S. The van der Waals surface area contributed by atoms with Crippen LogP contribution in [-0.4, -0.2) is 27.7 Å². The van der Waals surface area contributed by atoms with Crippen LogP contribution in [0.3, 0.4) is 0 Å². The van der Waals surface area contributed by atoms with Crippen LogP contribution in [0.2, 0.25) is 5.02 Å². The van der Waals surface area contributed by atoms with Gasteiger partial charge in [0.25, 0.3) is 5.91 Å². The molecule has 0 aromatic heterocycles. The fourth-order valence-corrected chi connectivity index (χ4v) is 4.22. The molecule has 0 bridgehead atoms. The number of halogens is 1. The van der Waals surface area contributed by atoms with Gasteiger partial charge in [0.1, 0.15) is 5.75 Å². The molecule has 0 fully saturated rings. The van der Waals surface area contributed by atoms with Crippen molar-refractivity contribution in [3.05, 3.63) is 87.9 Å². The Morgan fingerprint density at radius 1 is 1.03 bits per heavy atom. The standard InChI is InChI=1S/C24H25ClN2O4S/c1-16-8-9-20(12-17(16)2)27(32(4,29)30)15-18-6-5-7-19(13-18)24(28)26-23-14-21(31-3)10-11-22(23)25/h5-14H,15H2,1-4H3,(H,26,28). The summed E-state index contributed by atoms with van der Waals surface area (Å²) in [4.78, 5) is 12.8. The molecule has 1 amide bonds. The first kappa shape index (κ1) is 23.6. The molecule has 0 atom stereocenters. The van der Waals surface area contributed by atoms with E-state index < -0.39 is 10.0 Å². The zero-order valence-corrected chi connectivity index (χ0v) is 19.9. The van der Waals surface area contributed by atoms with Gasteiger partial charge in [-0.25, -0.2) is 8.42 Å². The first-order valence-electron chi connectivity index (χ1n) is 9.87. The normalized spacial score (nSPS) is 11.2. The molecule has 0 saturated carbocycles. The molecule has 3 rings (SSSR count). The third kappa shape index (κ3) is 5.60. The first-order chi connectivity index (χ1) is 15.1. The molecule has 32 heavy (non-hydrogen) atoms. The molecule has 1 N–H and O–H groups in total. The monoisotopic (exact) mass is 472 g/mol. The van der Waals surface area contributed by atoms with Gasteiger partial charge in [0.2, 0.25) is 10.0 Å². The van der Waals surface area contributed by atoms with Crippen molar-refractivity contribution in [2.24, 2.45) is 0 Å². The van der Waals surface area contributed by atoms with Crippen LogP contribution in [0, 0.1) is 13.8 Å². The summed E-state index contributed by atoms with van der Waals surface area (Å²) in [7, 11) is -2.01. The average Bonchev–Trinajstić information content (AvgIpc) is 2.75. The molecular weight excluding hydrogens is 448 g/mol. The summed E-state index contributed by atoms with van der Waals surface area (Å²) in [6.45, 7) is 4.01. The van der Waals surface area contributed by atoms with Gasteiger partial charge >= 0.3 is 0 Å². The number of hydrogen-bond donors (Lipinski definition) is 1. The second-order valence-electron chi connectivity index (χ2n) is 7.54. The number of ether oxygens (including phenoxy) is 1. The highest BCUT2D eigenvalue weighted by Crippen LogP contribution is 2.28. The highest BCUT2D eigenvalue weighted by atomic mass is 35.5. The van der Waals surface area contributed by atoms with Crippen molar-refractivity contribution in [3.63, 3.8) is 0 Å². The summed E-state index contributed by atoms with van der Waals surface area (Å²) in [6, 6.07) is 17.3. The summed E-state index contributed by atoms with van der Waals surface area (Å²) >= 11 is 6.18. The SMILES string of the molecule is COc1ccc(Cl)c(NC(=O)c2cccc(CN(c3ccc(C)c(C)c3)S(C)(=O)=O)c2)c1. The minimum Gasteiger partial charge on any atom is -0.497 e. The maximum Gasteiger partial charge on any atom is 0.255 e. The lowest BCUT2D eigenvalue weighted by Crippen LogP contribution is -2.29. The average molecular weight is 473 g/mol. The number of nitrogens with zero attached hydrogens (tertiary/aromatic N) is 1. The highest BCUT2D eigenvalue weighted by molar-refractivity contribution is 7.92. The summed E-state index contributed by atoms with van der Waals surface area (Å²) in [5, 5.41) is 3.16. The molecule has 6 nitrogen and oxygen atoms in total. The van der Waals surface area contributed by atoms with Gasteiger partial charge in [-0.1, -0.05) is 29.8 Å². The Morgan fingerprint density at radius 2 is 1.78 bits per heavy atom. The van der Waals surface area contributed by atoms with Gasteiger partial charge in [-0.2, -0.15) is 0 Å². The fraction of sp³-hybridized carbons (Fsp3) is 0.208. The van der Waals surface area contributed by atoms with E-state index >= 15 is 0 Å². The van der Waals surface area contributed by atoms with E-state index in [4.69, 9.17) is 16.3 Å². The van der Waals surface area contributed by atoms with Crippen molar-refractivity contribution in [2.45, 2.75) is 20.4 Å². The number of carbonyl (C=O) groups excluding carboxylic acids is 1. The predicted octanol–water partition coefficient (Wildman–Crippen LogP) is 5.18. The molecule has 8 heteroatoms. The van der Waals surface area contributed by atoms with E-state index in [0.29, 0.717) is 33.3 Å². The first-order valence-corrected chi connectivity index (χ1v) is 12.1. The number of sulfonamides is 1. The summed E-state index contributed by atoms with van der Waals surface area (Å²) in [5.74, 6) is 0.203. The Labute approximate surface area is 193 Å². The Bertz CT molecular complexity index is 1260. The second kappa shape index (κ2) is 9.63. The maximum absolute atomic E-state index is 12.8. The van der Waals surface area contributed by atoms with Crippen LogP contribution < -0.4 is 14.4 Å². The van der Waals surface area contributed by atoms with Crippen LogP contribution in [0.5, 0.6) is 5.75 Å². The summed E-state index contributed by atoms with van der Waals surface area (Å²) < 4.78 is 31.5. The number of hydrogen-bond acceptors (Lipinski definition) is 4.